The highest BCUT2D eigenvalue weighted by molar-refractivity contribution is 7.89. The number of benzene rings is 1. The first kappa shape index (κ1) is 20.8. The van der Waals surface area contributed by atoms with Crippen molar-refractivity contribution in [2.24, 2.45) is 7.05 Å². The second-order valence-electron chi connectivity index (χ2n) is 6.14. The third-order valence-corrected chi connectivity index (χ3v) is 6.68. The molecule has 0 fully saturated rings. The van der Waals surface area contributed by atoms with E-state index in [0.29, 0.717) is 0 Å². The summed E-state index contributed by atoms with van der Waals surface area (Å²) >= 11 is 6.04. The number of nitrogens with zero attached hydrogens (tertiary/aromatic N) is 3. The molecule has 0 amide bonds. The van der Waals surface area contributed by atoms with Gasteiger partial charge in [-0.25, -0.2) is 12.8 Å². The van der Waals surface area contributed by atoms with E-state index < -0.39 is 15.8 Å². The Hall–Kier alpha value is -1.48. The molecule has 144 valence electrons. The Balaban J connectivity index is 2.50. The zero-order valence-corrected chi connectivity index (χ0v) is 17.1. The average Bonchev–Trinajstić information content (AvgIpc) is 2.80. The molecule has 1 heterocycles. The molecule has 0 radical (unpaired) electrons. The van der Waals surface area contributed by atoms with Gasteiger partial charge in [-0.1, -0.05) is 11.6 Å². The fraction of sp³-hybridized carbons (Fsp3) is 0.471. The van der Waals surface area contributed by atoms with Crippen LogP contribution in [0.15, 0.2) is 17.0 Å². The highest BCUT2D eigenvalue weighted by Gasteiger charge is 2.29. The Morgan fingerprint density at radius 2 is 1.96 bits per heavy atom. The smallest absolute Gasteiger partial charge is 0.244 e. The number of halogens is 2. The first-order chi connectivity index (χ1) is 12.1. The second-order valence-corrected chi connectivity index (χ2v) is 8.45. The number of sulfonamides is 1. The number of aryl methyl sites for hydroxylation is 3. The maximum absolute atomic E-state index is 13.7. The van der Waals surface area contributed by atoms with Crippen molar-refractivity contribution in [2.75, 3.05) is 20.3 Å². The zero-order chi connectivity index (χ0) is 19.6. The first-order valence-electron chi connectivity index (χ1n) is 8.03. The van der Waals surface area contributed by atoms with Crippen LogP contribution >= 0.6 is 11.6 Å². The summed E-state index contributed by atoms with van der Waals surface area (Å²) < 4.78 is 48.1. The number of aromatic nitrogens is 2. The van der Waals surface area contributed by atoms with Crippen molar-refractivity contribution in [1.82, 2.24) is 14.1 Å². The van der Waals surface area contributed by atoms with Crippen LogP contribution in [0.2, 0.25) is 5.02 Å². The van der Waals surface area contributed by atoms with Crippen molar-refractivity contribution in [2.45, 2.75) is 32.2 Å². The third kappa shape index (κ3) is 4.09. The van der Waals surface area contributed by atoms with Crippen LogP contribution in [0.3, 0.4) is 0 Å². The molecule has 0 unspecified atom stereocenters. The average molecular weight is 404 g/mol. The molecule has 1 aromatic carbocycles. The van der Waals surface area contributed by atoms with Gasteiger partial charge < -0.3 is 4.74 Å². The number of hydrogen-bond acceptors (Lipinski definition) is 4. The molecule has 0 spiro atoms. The van der Waals surface area contributed by atoms with Crippen molar-refractivity contribution >= 4 is 21.6 Å². The first-order valence-corrected chi connectivity index (χ1v) is 9.85. The van der Waals surface area contributed by atoms with E-state index in [1.807, 2.05) is 13.8 Å². The number of rotatable bonds is 7. The molecule has 6 nitrogen and oxygen atoms in total. The van der Waals surface area contributed by atoms with Gasteiger partial charge in [0.2, 0.25) is 10.0 Å². The van der Waals surface area contributed by atoms with E-state index >= 15 is 0 Å². The molecule has 1 aromatic heterocycles. The van der Waals surface area contributed by atoms with Gasteiger partial charge >= 0.3 is 0 Å². The van der Waals surface area contributed by atoms with Crippen LogP contribution in [0.25, 0.3) is 0 Å². The standard InChI is InChI=1S/C17H23ClFN3O3S/c1-11-8-17(15(18)9-16(11)19)26(23,24)22(6-7-25-5)10-14-12(2)20-21(4)13(14)3/h8-9H,6-7,10H2,1-5H3. The quantitative estimate of drug-likeness (QED) is 0.712. The normalized spacial score (nSPS) is 12.2. The molecule has 0 aliphatic heterocycles. The summed E-state index contributed by atoms with van der Waals surface area (Å²) in [5.41, 5.74) is 2.67. The van der Waals surface area contributed by atoms with E-state index in [-0.39, 0.29) is 35.2 Å². The highest BCUT2D eigenvalue weighted by Crippen LogP contribution is 2.29. The number of ether oxygens (including phenoxy) is 1. The lowest BCUT2D eigenvalue weighted by Gasteiger charge is -2.23. The van der Waals surface area contributed by atoms with E-state index in [0.717, 1.165) is 23.0 Å². The Labute approximate surface area is 158 Å². The maximum atomic E-state index is 13.7. The minimum atomic E-state index is -3.95. The van der Waals surface area contributed by atoms with Gasteiger partial charge in [-0.15, -0.1) is 0 Å². The molecule has 26 heavy (non-hydrogen) atoms. The van der Waals surface area contributed by atoms with E-state index in [2.05, 4.69) is 5.10 Å². The predicted octanol–water partition coefficient (Wildman–Crippen LogP) is 2.98. The van der Waals surface area contributed by atoms with Crippen LogP contribution in [0.4, 0.5) is 4.39 Å². The summed E-state index contributed by atoms with van der Waals surface area (Å²) in [4.78, 5) is -0.117. The molecule has 0 atom stereocenters. The maximum Gasteiger partial charge on any atom is 0.244 e. The van der Waals surface area contributed by atoms with Gasteiger partial charge in [-0.05, 0) is 38.5 Å². The summed E-state index contributed by atoms with van der Waals surface area (Å²) in [6.07, 6.45) is 0. The molecule has 0 N–H and O–H groups in total. The minimum absolute atomic E-state index is 0.117. The molecule has 2 aromatic rings. The molecule has 0 saturated heterocycles. The van der Waals surface area contributed by atoms with E-state index in [1.165, 1.54) is 24.4 Å². The topological polar surface area (TPSA) is 64.4 Å². The van der Waals surface area contributed by atoms with Gasteiger partial charge in [0.15, 0.2) is 0 Å². The number of hydrogen-bond donors (Lipinski definition) is 0. The van der Waals surface area contributed by atoms with Gasteiger partial charge in [0.05, 0.1) is 17.3 Å². The summed E-state index contributed by atoms with van der Waals surface area (Å²) in [5.74, 6) is -0.545. The monoisotopic (exact) mass is 403 g/mol. The molecular weight excluding hydrogens is 381 g/mol. The van der Waals surface area contributed by atoms with Gasteiger partial charge in [0.1, 0.15) is 10.7 Å². The van der Waals surface area contributed by atoms with Crippen molar-refractivity contribution in [3.05, 3.63) is 45.5 Å². The van der Waals surface area contributed by atoms with Crippen molar-refractivity contribution in [3.8, 4) is 0 Å². The van der Waals surface area contributed by atoms with Crippen molar-refractivity contribution < 1.29 is 17.5 Å². The Bertz CT molecular complexity index is 912. The Morgan fingerprint density at radius 1 is 1.31 bits per heavy atom. The Kier molecular flexibility index (Phi) is 6.44. The van der Waals surface area contributed by atoms with E-state index in [1.54, 1.807) is 11.7 Å². The van der Waals surface area contributed by atoms with Crippen LogP contribution in [0.1, 0.15) is 22.5 Å². The van der Waals surface area contributed by atoms with Crippen LogP contribution in [-0.4, -0.2) is 42.8 Å². The highest BCUT2D eigenvalue weighted by atomic mass is 35.5. The number of methoxy groups -OCH3 is 1. The largest absolute Gasteiger partial charge is 0.383 e. The van der Waals surface area contributed by atoms with Crippen molar-refractivity contribution in [3.63, 3.8) is 0 Å². The summed E-state index contributed by atoms with van der Waals surface area (Å²) in [6, 6.07) is 2.29. The summed E-state index contributed by atoms with van der Waals surface area (Å²) in [7, 11) is -0.642. The second kappa shape index (κ2) is 8.04. The van der Waals surface area contributed by atoms with Crippen LogP contribution in [0.5, 0.6) is 0 Å². The van der Waals surface area contributed by atoms with Gasteiger partial charge in [0.25, 0.3) is 0 Å². The third-order valence-electron chi connectivity index (χ3n) is 4.37. The zero-order valence-electron chi connectivity index (χ0n) is 15.5. The van der Waals surface area contributed by atoms with Crippen LogP contribution < -0.4 is 0 Å². The molecular formula is C17H23ClFN3O3S. The van der Waals surface area contributed by atoms with Gasteiger partial charge in [-0.3, -0.25) is 4.68 Å². The predicted molar refractivity (Wildman–Crippen MR) is 98.3 cm³/mol. The molecule has 0 aliphatic carbocycles. The summed E-state index contributed by atoms with van der Waals surface area (Å²) in [6.45, 7) is 5.70. The molecule has 9 heteroatoms. The molecule has 0 saturated carbocycles. The fourth-order valence-electron chi connectivity index (χ4n) is 2.67. The van der Waals surface area contributed by atoms with Crippen LogP contribution in [-0.2, 0) is 28.4 Å². The lowest BCUT2D eigenvalue weighted by molar-refractivity contribution is 0.177. The van der Waals surface area contributed by atoms with Crippen molar-refractivity contribution in [1.29, 1.82) is 0 Å². The van der Waals surface area contributed by atoms with E-state index in [9.17, 15) is 12.8 Å². The molecule has 0 bridgehead atoms. The fourth-order valence-corrected chi connectivity index (χ4v) is 4.63. The minimum Gasteiger partial charge on any atom is -0.383 e. The lowest BCUT2D eigenvalue weighted by atomic mass is 10.2. The Morgan fingerprint density at radius 3 is 2.50 bits per heavy atom. The van der Waals surface area contributed by atoms with Gasteiger partial charge in [-0.2, -0.15) is 9.40 Å². The lowest BCUT2D eigenvalue weighted by Crippen LogP contribution is -2.34. The van der Waals surface area contributed by atoms with Crippen LogP contribution in [0, 0.1) is 26.6 Å². The SMILES string of the molecule is COCCN(Cc1c(C)nn(C)c1C)S(=O)(=O)c1cc(C)c(F)cc1Cl. The summed E-state index contributed by atoms with van der Waals surface area (Å²) in [5, 5.41) is 4.19. The van der Waals surface area contributed by atoms with Gasteiger partial charge in [0, 0.05) is 38.5 Å². The molecule has 2 rings (SSSR count). The molecule has 0 aliphatic rings. The van der Waals surface area contributed by atoms with E-state index in [4.69, 9.17) is 16.3 Å².